The molecule has 41 heavy (non-hydrogen) atoms. The molecule has 3 rings (SSSR count). The van der Waals surface area contributed by atoms with Gasteiger partial charge in [0.15, 0.2) is 0 Å². The summed E-state index contributed by atoms with van der Waals surface area (Å²) in [6.45, 7) is 6.87. The van der Waals surface area contributed by atoms with Gasteiger partial charge in [0.25, 0.3) is 0 Å². The minimum absolute atomic E-state index is 0.00383. The highest BCUT2D eigenvalue weighted by molar-refractivity contribution is 7.42. The summed E-state index contributed by atoms with van der Waals surface area (Å²) in [4.78, 5) is 15.3. The van der Waals surface area contributed by atoms with Crippen LogP contribution in [0.1, 0.15) is 59.3 Å². The molecule has 2 saturated heterocycles. The molecule has 230 valence electrons. The second kappa shape index (κ2) is 17.6. The van der Waals surface area contributed by atoms with Crippen molar-refractivity contribution in [2.45, 2.75) is 102 Å². The van der Waals surface area contributed by atoms with Crippen LogP contribution in [0.15, 0.2) is 72.2 Å². The number of hydrogen-bond acceptors (Lipinski definition) is 9. The fourth-order valence-electron chi connectivity index (χ4n) is 5.76. The van der Waals surface area contributed by atoms with Gasteiger partial charge in [0.05, 0.1) is 37.1 Å². The molecule has 0 aromatic heterocycles. The van der Waals surface area contributed by atoms with Crippen molar-refractivity contribution in [3.05, 3.63) is 72.2 Å². The van der Waals surface area contributed by atoms with Crippen molar-refractivity contribution < 1.29 is 24.0 Å². The number of fused-ring (bicyclic) bond motifs is 4. The van der Waals surface area contributed by atoms with Crippen LogP contribution in [0.2, 0.25) is 0 Å². The second-order valence-electron chi connectivity index (χ2n) is 11.5. The van der Waals surface area contributed by atoms with Crippen molar-refractivity contribution in [3.63, 3.8) is 0 Å². The van der Waals surface area contributed by atoms with Crippen LogP contribution in [-0.2, 0) is 24.0 Å². The first-order valence-electron chi connectivity index (χ1n) is 14.6. The van der Waals surface area contributed by atoms with Gasteiger partial charge in [-0.25, -0.2) is 17.7 Å². The fraction of sp³-hybridized carbons (Fsp3) is 0.613. The predicted octanol–water partition coefficient (Wildman–Crippen LogP) is 4.57. The van der Waals surface area contributed by atoms with Crippen LogP contribution in [0.5, 0.6) is 0 Å². The average Bonchev–Trinajstić information content (AvgIpc) is 2.95. The van der Waals surface area contributed by atoms with Crippen molar-refractivity contribution in [2.75, 3.05) is 6.61 Å². The van der Waals surface area contributed by atoms with Crippen molar-refractivity contribution in [1.29, 1.82) is 0 Å². The zero-order valence-corrected chi connectivity index (χ0v) is 25.8. The van der Waals surface area contributed by atoms with Crippen molar-refractivity contribution in [1.82, 2.24) is 0 Å². The van der Waals surface area contributed by atoms with Crippen LogP contribution >= 0.6 is 8.58 Å². The van der Waals surface area contributed by atoms with Gasteiger partial charge < -0.3 is 24.9 Å². The summed E-state index contributed by atoms with van der Waals surface area (Å²) in [5.74, 6) is 18.9. The van der Waals surface area contributed by atoms with E-state index >= 15 is 0 Å². The molecule has 10 atom stereocenters. The molecule has 0 aromatic rings. The Bertz CT molecular complexity index is 970. The lowest BCUT2D eigenvalue weighted by Gasteiger charge is -2.48. The SMILES string of the molecule is CC1=CC2OC(C/C=C/C=C/PC3CC(/C=C/C/C=C/1)OC(C/C=C\CC(N)ON)C3(C)CON)CC(ON)C2C. The maximum absolute atomic E-state index is 6.65. The van der Waals surface area contributed by atoms with Gasteiger partial charge in [0, 0.05) is 24.2 Å². The molecule has 0 spiro atoms. The van der Waals surface area contributed by atoms with E-state index in [2.05, 4.69) is 86.1 Å². The molecule has 0 amide bonds. The molecule has 10 heteroatoms. The van der Waals surface area contributed by atoms with E-state index in [0.29, 0.717) is 33.7 Å². The molecule has 4 bridgehead atoms. The van der Waals surface area contributed by atoms with Crippen molar-refractivity contribution in [3.8, 4) is 0 Å². The van der Waals surface area contributed by atoms with Crippen LogP contribution in [-0.4, -0.2) is 49.0 Å². The van der Waals surface area contributed by atoms with Crippen LogP contribution in [0, 0.1) is 11.3 Å². The molecule has 3 aliphatic rings. The summed E-state index contributed by atoms with van der Waals surface area (Å²) in [5, 5.41) is 0. The first kappa shape index (κ1) is 34.0. The summed E-state index contributed by atoms with van der Waals surface area (Å²) >= 11 is 0. The van der Waals surface area contributed by atoms with Gasteiger partial charge in [-0.15, -0.1) is 0 Å². The molecule has 3 aliphatic heterocycles. The zero-order valence-electron chi connectivity index (χ0n) is 24.8. The van der Waals surface area contributed by atoms with E-state index < -0.39 is 6.23 Å². The highest BCUT2D eigenvalue weighted by Gasteiger charge is 2.47. The maximum atomic E-state index is 6.65. The van der Waals surface area contributed by atoms with Gasteiger partial charge in [0.2, 0.25) is 0 Å². The summed E-state index contributed by atoms with van der Waals surface area (Å²) in [6.07, 6.45) is 25.2. The Labute approximate surface area is 247 Å². The van der Waals surface area contributed by atoms with E-state index in [1.807, 2.05) is 6.08 Å². The third-order valence-corrected chi connectivity index (χ3v) is 10.1. The molecule has 0 saturated carbocycles. The molecular weight excluding hydrogens is 539 g/mol. The van der Waals surface area contributed by atoms with Crippen LogP contribution < -0.4 is 23.4 Å². The van der Waals surface area contributed by atoms with Crippen molar-refractivity contribution in [2.24, 2.45) is 34.8 Å². The number of ether oxygens (including phenoxy) is 2. The summed E-state index contributed by atoms with van der Waals surface area (Å²) < 4.78 is 13.1. The molecule has 9 nitrogen and oxygen atoms in total. The molecule has 8 N–H and O–H groups in total. The van der Waals surface area contributed by atoms with Gasteiger partial charge in [0.1, 0.15) is 6.23 Å². The lowest BCUT2D eigenvalue weighted by Crippen LogP contribution is -2.52. The molecule has 2 fully saturated rings. The summed E-state index contributed by atoms with van der Waals surface area (Å²) in [7, 11) is 0.582. The lowest BCUT2D eigenvalue weighted by atomic mass is 9.75. The molecule has 0 aliphatic carbocycles. The van der Waals surface area contributed by atoms with E-state index in [0.717, 1.165) is 31.3 Å². The van der Waals surface area contributed by atoms with E-state index in [1.165, 1.54) is 0 Å². The Kier molecular flexibility index (Phi) is 14.6. The summed E-state index contributed by atoms with van der Waals surface area (Å²) in [5.41, 5.74) is 7.00. The monoisotopic (exact) mass is 590 g/mol. The normalized spacial score (nSPS) is 39.7. The van der Waals surface area contributed by atoms with E-state index in [-0.39, 0.29) is 41.9 Å². The maximum Gasteiger partial charge on any atom is 0.130 e. The molecular formula is C31H51N4O5P. The Morgan fingerprint density at radius 3 is 2.71 bits per heavy atom. The summed E-state index contributed by atoms with van der Waals surface area (Å²) in [6, 6.07) is 0. The number of rotatable bonds is 8. The Morgan fingerprint density at radius 1 is 1.12 bits per heavy atom. The third kappa shape index (κ3) is 10.3. The molecule has 0 radical (unpaired) electrons. The average molecular weight is 591 g/mol. The lowest BCUT2D eigenvalue weighted by molar-refractivity contribution is -0.132. The minimum atomic E-state index is -0.526. The largest absolute Gasteiger partial charge is 0.370 e. The second-order valence-corrected chi connectivity index (χ2v) is 12.9. The molecule has 10 unspecified atom stereocenters. The zero-order chi connectivity index (χ0) is 29.7. The molecule has 0 aromatic carbocycles. The van der Waals surface area contributed by atoms with Crippen molar-refractivity contribution >= 4 is 8.58 Å². The molecule has 3 heterocycles. The van der Waals surface area contributed by atoms with Gasteiger partial charge in [-0.05, 0) is 38.3 Å². The van der Waals surface area contributed by atoms with E-state index in [9.17, 15) is 0 Å². The van der Waals surface area contributed by atoms with Gasteiger partial charge >= 0.3 is 0 Å². The highest BCUT2D eigenvalue weighted by atomic mass is 31.1. The Morgan fingerprint density at radius 2 is 1.95 bits per heavy atom. The van der Waals surface area contributed by atoms with Gasteiger partial charge in [-0.3, -0.25) is 4.84 Å². The minimum Gasteiger partial charge on any atom is -0.370 e. The van der Waals surface area contributed by atoms with Gasteiger partial charge in [-0.1, -0.05) is 94.6 Å². The Balaban J connectivity index is 1.82. The smallest absolute Gasteiger partial charge is 0.130 e. The number of nitrogens with two attached hydrogens (primary N) is 4. The fourth-order valence-corrected chi connectivity index (χ4v) is 7.23. The topological polar surface area (TPSA) is 150 Å². The quantitative estimate of drug-likeness (QED) is 0.138. The van der Waals surface area contributed by atoms with Crippen LogP contribution in [0.3, 0.4) is 0 Å². The number of hydrogen-bond donors (Lipinski definition) is 4. The predicted molar refractivity (Wildman–Crippen MR) is 166 cm³/mol. The number of allylic oxidation sites excluding steroid dienone is 6. The Hall–Kier alpha value is -1.49. The first-order chi connectivity index (χ1) is 19.8. The van der Waals surface area contributed by atoms with Crippen LogP contribution in [0.4, 0.5) is 0 Å². The van der Waals surface area contributed by atoms with E-state index in [1.54, 1.807) is 0 Å². The highest BCUT2D eigenvalue weighted by Crippen LogP contribution is 2.48. The van der Waals surface area contributed by atoms with Gasteiger partial charge in [-0.2, -0.15) is 0 Å². The third-order valence-electron chi connectivity index (χ3n) is 8.39. The van der Waals surface area contributed by atoms with Crippen LogP contribution in [0.25, 0.3) is 0 Å². The standard InChI is InChI=1S/C31H51N4O5P/c1-22-12-6-4-7-14-25-20-29(31(3,21-36-33)28(38-25)15-9-10-16-30(32)40-35)41-17-11-5-8-13-24-19-27(39-34)23(2)26(18-22)37-24/h5-12,14,17-18,23-30,41H,4,13,15-16,19-21,32-35H2,1-3H3/b8-5+,10-9-,12-6+,14-7+,17-11+,22-18?. The first-order valence-corrected chi connectivity index (χ1v) is 15.8. The van der Waals surface area contributed by atoms with E-state index in [4.69, 9.17) is 42.6 Å².